The molecular formula is C20H26N2O4S. The monoisotopic (exact) mass is 390 g/mol. The Hall–Kier alpha value is -2.12. The Morgan fingerprint density at radius 2 is 2.19 bits per heavy atom. The number of carbonyl (C=O) groups excluding carboxylic acids is 1. The quantitative estimate of drug-likeness (QED) is 0.711. The summed E-state index contributed by atoms with van der Waals surface area (Å²) in [4.78, 5) is 18.9. The molecule has 6 nitrogen and oxygen atoms in total. The van der Waals surface area contributed by atoms with Crippen molar-refractivity contribution in [2.75, 3.05) is 7.11 Å². The predicted octanol–water partition coefficient (Wildman–Crippen LogP) is 3.37. The molecule has 0 aliphatic heterocycles. The normalized spacial score (nSPS) is 13.7. The molecule has 1 aliphatic rings. The summed E-state index contributed by atoms with van der Waals surface area (Å²) >= 11 is 1.45. The summed E-state index contributed by atoms with van der Waals surface area (Å²) in [7, 11) is 1.61. The zero-order valence-corrected chi connectivity index (χ0v) is 16.8. The van der Waals surface area contributed by atoms with Crippen LogP contribution in [0.4, 0.5) is 0 Å². The van der Waals surface area contributed by atoms with Gasteiger partial charge in [0.1, 0.15) is 11.6 Å². The van der Waals surface area contributed by atoms with Gasteiger partial charge in [-0.3, -0.25) is 4.79 Å². The molecule has 0 spiro atoms. The second-order valence-electron chi connectivity index (χ2n) is 6.98. The highest BCUT2D eigenvalue weighted by Gasteiger charge is 2.34. The first kappa shape index (κ1) is 19.6. The Labute approximate surface area is 163 Å². The van der Waals surface area contributed by atoms with Crippen molar-refractivity contribution in [2.45, 2.75) is 52.5 Å². The Kier molecular flexibility index (Phi) is 6.34. The molecule has 146 valence electrons. The third-order valence-electron chi connectivity index (χ3n) is 4.49. The van der Waals surface area contributed by atoms with E-state index in [0.717, 1.165) is 23.4 Å². The van der Waals surface area contributed by atoms with Gasteiger partial charge in [-0.05, 0) is 18.9 Å². The van der Waals surface area contributed by atoms with Gasteiger partial charge in [0.15, 0.2) is 11.5 Å². The Bertz CT molecular complexity index is 786. The number of aliphatic hydroxyl groups excluding tert-OH is 1. The fourth-order valence-electron chi connectivity index (χ4n) is 2.92. The van der Waals surface area contributed by atoms with Crippen LogP contribution in [0.1, 0.15) is 43.0 Å². The molecule has 27 heavy (non-hydrogen) atoms. The highest BCUT2D eigenvalue weighted by atomic mass is 32.1. The zero-order valence-electron chi connectivity index (χ0n) is 16.0. The highest BCUT2D eigenvalue weighted by molar-refractivity contribution is 7.09. The van der Waals surface area contributed by atoms with Crippen LogP contribution in [0.25, 0.3) is 0 Å². The van der Waals surface area contributed by atoms with E-state index < -0.39 is 0 Å². The first-order valence-corrected chi connectivity index (χ1v) is 10.0. The molecule has 1 heterocycles. The van der Waals surface area contributed by atoms with Crippen molar-refractivity contribution in [3.05, 3.63) is 39.8 Å². The van der Waals surface area contributed by atoms with E-state index in [4.69, 9.17) is 14.6 Å². The Morgan fingerprint density at radius 3 is 2.78 bits per heavy atom. The minimum Gasteiger partial charge on any atom is -0.493 e. The fourth-order valence-corrected chi connectivity index (χ4v) is 3.62. The van der Waals surface area contributed by atoms with E-state index in [2.05, 4.69) is 4.98 Å². The number of benzene rings is 1. The lowest BCUT2D eigenvalue weighted by Gasteiger charge is -2.26. The number of aromatic nitrogens is 1. The van der Waals surface area contributed by atoms with Gasteiger partial charge in [-0.2, -0.15) is 0 Å². The molecule has 3 rings (SSSR count). The van der Waals surface area contributed by atoms with Gasteiger partial charge in [-0.15, -0.1) is 11.3 Å². The number of nitrogens with zero attached hydrogens (tertiary/aromatic N) is 2. The van der Waals surface area contributed by atoms with Gasteiger partial charge < -0.3 is 19.5 Å². The van der Waals surface area contributed by atoms with E-state index >= 15 is 0 Å². The first-order chi connectivity index (χ1) is 13.0. The number of hydrogen-bond acceptors (Lipinski definition) is 6. The zero-order chi connectivity index (χ0) is 19.4. The first-order valence-electron chi connectivity index (χ1n) is 9.16. The third kappa shape index (κ3) is 4.78. The second kappa shape index (κ2) is 8.71. The van der Waals surface area contributed by atoms with E-state index in [9.17, 15) is 4.79 Å². The van der Waals surface area contributed by atoms with Crippen LogP contribution in [0.2, 0.25) is 0 Å². The largest absolute Gasteiger partial charge is 0.493 e. The summed E-state index contributed by atoms with van der Waals surface area (Å²) in [5, 5.41) is 11.8. The highest BCUT2D eigenvalue weighted by Crippen LogP contribution is 2.36. The molecule has 1 saturated carbocycles. The number of thiazole rings is 1. The number of carbonyl (C=O) groups is 1. The smallest absolute Gasteiger partial charge is 0.225 e. The van der Waals surface area contributed by atoms with Crippen molar-refractivity contribution in [3.8, 4) is 11.5 Å². The molecule has 0 saturated heterocycles. The maximum atomic E-state index is 12.6. The van der Waals surface area contributed by atoms with Crippen molar-refractivity contribution in [3.63, 3.8) is 0 Å². The van der Waals surface area contributed by atoms with Crippen LogP contribution in [0.15, 0.2) is 23.6 Å². The molecule has 1 aromatic heterocycles. The van der Waals surface area contributed by atoms with Crippen LogP contribution in [-0.4, -0.2) is 34.0 Å². The average molecular weight is 391 g/mol. The number of methoxy groups -OCH3 is 1. The Morgan fingerprint density at radius 1 is 1.41 bits per heavy atom. The van der Waals surface area contributed by atoms with Gasteiger partial charge in [0.2, 0.25) is 5.91 Å². The van der Waals surface area contributed by atoms with Crippen molar-refractivity contribution >= 4 is 17.2 Å². The molecule has 1 N–H and O–H groups in total. The van der Waals surface area contributed by atoms with Crippen molar-refractivity contribution in [2.24, 2.45) is 5.92 Å². The maximum absolute atomic E-state index is 12.6. The lowest BCUT2D eigenvalue weighted by atomic mass is 10.1. The van der Waals surface area contributed by atoms with Crippen LogP contribution in [0, 0.1) is 5.92 Å². The fraction of sp³-hybridized carbons (Fsp3) is 0.500. The molecule has 1 fully saturated rings. The van der Waals surface area contributed by atoms with Gasteiger partial charge in [0.05, 0.1) is 19.4 Å². The molecule has 0 radical (unpaired) electrons. The average Bonchev–Trinajstić information content (AvgIpc) is 3.41. The molecule has 1 amide bonds. The molecule has 2 aromatic rings. The van der Waals surface area contributed by atoms with E-state index in [0.29, 0.717) is 36.4 Å². The van der Waals surface area contributed by atoms with Gasteiger partial charge >= 0.3 is 0 Å². The van der Waals surface area contributed by atoms with E-state index in [1.165, 1.54) is 11.3 Å². The van der Waals surface area contributed by atoms with Crippen LogP contribution in [-0.2, 0) is 24.6 Å². The molecule has 1 aliphatic carbocycles. The topological polar surface area (TPSA) is 71.9 Å². The Balaban J connectivity index is 1.80. The number of ether oxygens (including phenoxy) is 2. The number of hydrogen-bond donors (Lipinski definition) is 1. The molecule has 0 atom stereocenters. The molecule has 1 aromatic carbocycles. The molecule has 7 heteroatoms. The summed E-state index contributed by atoms with van der Waals surface area (Å²) in [5.74, 6) is 1.41. The van der Waals surface area contributed by atoms with Crippen LogP contribution in [0.3, 0.4) is 0 Å². The minimum atomic E-state index is -0.0793. The van der Waals surface area contributed by atoms with Crippen LogP contribution in [0.5, 0.6) is 11.5 Å². The number of para-hydroxylation sites is 1. The summed E-state index contributed by atoms with van der Waals surface area (Å²) in [6, 6.07) is 6.07. The summed E-state index contributed by atoms with van der Waals surface area (Å²) in [6.45, 7) is 4.58. The van der Waals surface area contributed by atoms with Crippen LogP contribution < -0.4 is 9.47 Å². The number of amides is 1. The van der Waals surface area contributed by atoms with Crippen molar-refractivity contribution < 1.29 is 19.4 Å². The summed E-state index contributed by atoms with van der Waals surface area (Å²) in [6.07, 6.45) is 2.11. The van der Waals surface area contributed by atoms with Gasteiger partial charge in [0.25, 0.3) is 0 Å². The standard InChI is InChI=1S/C20H26N2O4S/c1-13(2)20(24)22(16-7-8-16)9-14-5-4-6-17(25-3)19(14)26-11-18-21-15(10-23)12-27-18/h4-6,12-13,16,23H,7-11H2,1-3H3. The van der Waals surface area contributed by atoms with Crippen molar-refractivity contribution in [1.29, 1.82) is 0 Å². The number of rotatable bonds is 9. The number of aliphatic hydroxyl groups is 1. The third-order valence-corrected chi connectivity index (χ3v) is 5.36. The van der Waals surface area contributed by atoms with Gasteiger partial charge in [0, 0.05) is 29.4 Å². The summed E-state index contributed by atoms with van der Waals surface area (Å²) in [5.41, 5.74) is 1.57. The van der Waals surface area contributed by atoms with E-state index in [1.807, 2.05) is 42.3 Å². The molecular weight excluding hydrogens is 364 g/mol. The van der Waals surface area contributed by atoms with Gasteiger partial charge in [-0.25, -0.2) is 4.98 Å². The second-order valence-corrected chi connectivity index (χ2v) is 7.92. The maximum Gasteiger partial charge on any atom is 0.225 e. The SMILES string of the molecule is COc1cccc(CN(C(=O)C(C)C)C2CC2)c1OCc1nc(CO)cs1. The molecule has 0 bridgehead atoms. The lowest BCUT2D eigenvalue weighted by molar-refractivity contribution is -0.135. The van der Waals surface area contributed by atoms with Crippen molar-refractivity contribution in [1.82, 2.24) is 9.88 Å². The van der Waals surface area contributed by atoms with E-state index in [-0.39, 0.29) is 18.4 Å². The van der Waals surface area contributed by atoms with E-state index in [1.54, 1.807) is 7.11 Å². The minimum absolute atomic E-state index is 0.0344. The van der Waals surface area contributed by atoms with Gasteiger partial charge in [-0.1, -0.05) is 26.0 Å². The summed E-state index contributed by atoms with van der Waals surface area (Å²) < 4.78 is 11.5. The van der Waals surface area contributed by atoms with Crippen LogP contribution >= 0.6 is 11.3 Å². The predicted molar refractivity (Wildman–Crippen MR) is 104 cm³/mol. The molecule has 0 unspecified atom stereocenters. The lowest BCUT2D eigenvalue weighted by Crippen LogP contribution is -2.35.